The third-order valence-electron chi connectivity index (χ3n) is 5.58. The number of rotatable bonds is 5. The van der Waals surface area contributed by atoms with Crippen molar-refractivity contribution in [2.75, 3.05) is 32.1 Å². The Labute approximate surface area is 190 Å². The van der Waals surface area contributed by atoms with Gasteiger partial charge < -0.3 is 24.8 Å². The zero-order chi connectivity index (χ0) is 24.0. The maximum atomic E-state index is 12.6. The summed E-state index contributed by atoms with van der Waals surface area (Å²) in [6.45, 7) is 1.25. The zero-order valence-corrected chi connectivity index (χ0v) is 18.5. The first kappa shape index (κ1) is 23.7. The Hall–Kier alpha value is -3.95. The number of nitrogens with zero attached hydrogens (tertiary/aromatic N) is 2. The highest BCUT2D eigenvalue weighted by Crippen LogP contribution is 2.18. The number of esters is 1. The molecule has 2 aromatic rings. The zero-order valence-electron chi connectivity index (χ0n) is 18.5. The predicted octanol–water partition coefficient (Wildman–Crippen LogP) is 0.779. The highest BCUT2D eigenvalue weighted by Gasteiger charge is 2.26. The summed E-state index contributed by atoms with van der Waals surface area (Å²) in [6.07, 6.45) is 2.90. The Morgan fingerprint density at radius 1 is 1.03 bits per heavy atom. The highest BCUT2D eigenvalue weighted by molar-refractivity contribution is 6.39. The van der Waals surface area contributed by atoms with E-state index in [0.29, 0.717) is 43.7 Å². The van der Waals surface area contributed by atoms with Gasteiger partial charge in [0, 0.05) is 38.6 Å². The molecule has 0 aliphatic carbocycles. The molecule has 1 aromatic carbocycles. The number of likely N-dealkylation sites (tertiary alicyclic amines) is 1. The SMILES string of the molecule is COC(=O)c1ccc(NC(=O)C(=O)NCC2CCN(C(=O)c3cccn(C)c3=O)CC2)cc1. The van der Waals surface area contributed by atoms with Gasteiger partial charge in [0.2, 0.25) is 0 Å². The molecule has 1 aliphatic rings. The van der Waals surface area contributed by atoms with Crippen LogP contribution in [0.25, 0.3) is 0 Å². The van der Waals surface area contributed by atoms with Crippen LogP contribution in [0, 0.1) is 5.92 Å². The number of methoxy groups -OCH3 is 1. The maximum absolute atomic E-state index is 12.6. The molecular weight excluding hydrogens is 428 g/mol. The summed E-state index contributed by atoms with van der Waals surface area (Å²) in [5, 5.41) is 5.10. The summed E-state index contributed by atoms with van der Waals surface area (Å²) >= 11 is 0. The summed E-state index contributed by atoms with van der Waals surface area (Å²) in [7, 11) is 2.87. The minimum absolute atomic E-state index is 0.115. The number of pyridine rings is 1. The summed E-state index contributed by atoms with van der Waals surface area (Å²) in [4.78, 5) is 62.1. The Morgan fingerprint density at radius 3 is 2.33 bits per heavy atom. The van der Waals surface area contributed by atoms with Crippen LogP contribution in [0.4, 0.5) is 5.69 Å². The molecule has 2 heterocycles. The molecular formula is C23H26N4O6. The van der Waals surface area contributed by atoms with Gasteiger partial charge in [0.1, 0.15) is 5.56 Å². The second kappa shape index (κ2) is 10.6. The normalized spacial score (nSPS) is 13.8. The summed E-state index contributed by atoms with van der Waals surface area (Å²) < 4.78 is 5.98. The molecule has 10 heteroatoms. The van der Waals surface area contributed by atoms with Crippen LogP contribution in [-0.4, -0.2) is 59.9 Å². The molecule has 0 atom stereocenters. The standard InChI is InChI=1S/C23H26N4O6/c1-26-11-3-4-18(21(26)30)22(31)27-12-9-15(10-13-27)14-24-19(28)20(29)25-17-7-5-16(6-8-17)23(32)33-2/h3-8,11,15H,9-10,12-14H2,1-2H3,(H,24,28)(H,25,29). The van der Waals surface area contributed by atoms with E-state index in [1.165, 1.54) is 42.0 Å². The number of aryl methyl sites for hydroxylation is 1. The first-order chi connectivity index (χ1) is 15.8. The van der Waals surface area contributed by atoms with Crippen molar-refractivity contribution in [2.45, 2.75) is 12.8 Å². The van der Waals surface area contributed by atoms with Gasteiger partial charge in [0.15, 0.2) is 0 Å². The molecule has 1 fully saturated rings. The van der Waals surface area contributed by atoms with Gasteiger partial charge in [-0.1, -0.05) is 0 Å². The van der Waals surface area contributed by atoms with Crippen molar-refractivity contribution < 1.29 is 23.9 Å². The van der Waals surface area contributed by atoms with Crippen LogP contribution < -0.4 is 16.2 Å². The van der Waals surface area contributed by atoms with E-state index in [4.69, 9.17) is 0 Å². The van der Waals surface area contributed by atoms with E-state index in [2.05, 4.69) is 15.4 Å². The number of ether oxygens (including phenoxy) is 1. The van der Waals surface area contributed by atoms with Gasteiger partial charge in [-0.05, 0) is 55.2 Å². The second-order valence-electron chi connectivity index (χ2n) is 7.81. The number of hydrogen-bond acceptors (Lipinski definition) is 6. The fourth-order valence-electron chi connectivity index (χ4n) is 3.58. The first-order valence-corrected chi connectivity index (χ1v) is 10.5. The van der Waals surface area contributed by atoms with Crippen molar-refractivity contribution in [3.63, 3.8) is 0 Å². The quantitative estimate of drug-likeness (QED) is 0.508. The van der Waals surface area contributed by atoms with Gasteiger partial charge in [-0.15, -0.1) is 0 Å². The number of aromatic nitrogens is 1. The molecule has 0 bridgehead atoms. The van der Waals surface area contributed by atoms with Gasteiger partial charge >= 0.3 is 17.8 Å². The van der Waals surface area contributed by atoms with E-state index in [9.17, 15) is 24.0 Å². The van der Waals surface area contributed by atoms with Crippen molar-refractivity contribution in [3.8, 4) is 0 Å². The highest BCUT2D eigenvalue weighted by atomic mass is 16.5. The lowest BCUT2D eigenvalue weighted by atomic mass is 9.96. The Kier molecular flexibility index (Phi) is 7.60. The number of benzene rings is 1. The van der Waals surface area contributed by atoms with E-state index >= 15 is 0 Å². The fraction of sp³-hybridized carbons (Fsp3) is 0.348. The lowest BCUT2D eigenvalue weighted by molar-refractivity contribution is -0.136. The number of amides is 3. The molecule has 3 amide bonds. The largest absolute Gasteiger partial charge is 0.465 e. The van der Waals surface area contributed by atoms with Crippen LogP contribution in [-0.2, 0) is 21.4 Å². The Balaban J connectivity index is 1.44. The van der Waals surface area contributed by atoms with E-state index < -0.39 is 17.8 Å². The summed E-state index contributed by atoms with van der Waals surface area (Å²) in [5.41, 5.74) is 0.518. The van der Waals surface area contributed by atoms with Crippen molar-refractivity contribution in [3.05, 3.63) is 64.1 Å². The van der Waals surface area contributed by atoms with Crippen LogP contribution in [0.1, 0.15) is 33.6 Å². The van der Waals surface area contributed by atoms with Crippen molar-refractivity contribution in [1.82, 2.24) is 14.8 Å². The van der Waals surface area contributed by atoms with Crippen LogP contribution >= 0.6 is 0 Å². The second-order valence-corrected chi connectivity index (χ2v) is 7.81. The topological polar surface area (TPSA) is 127 Å². The molecule has 0 spiro atoms. The first-order valence-electron chi connectivity index (χ1n) is 10.5. The number of nitrogens with one attached hydrogen (secondary N) is 2. The number of carbonyl (C=O) groups is 4. The van der Waals surface area contributed by atoms with E-state index in [-0.39, 0.29) is 22.9 Å². The average Bonchev–Trinajstić information content (AvgIpc) is 2.84. The van der Waals surface area contributed by atoms with Gasteiger partial charge in [-0.3, -0.25) is 19.2 Å². The average molecular weight is 454 g/mol. The lowest BCUT2D eigenvalue weighted by Crippen LogP contribution is -2.44. The number of hydrogen-bond donors (Lipinski definition) is 2. The van der Waals surface area contributed by atoms with Crippen molar-refractivity contribution in [1.29, 1.82) is 0 Å². The molecule has 0 saturated carbocycles. The van der Waals surface area contributed by atoms with E-state index in [1.807, 2.05) is 0 Å². The molecule has 1 saturated heterocycles. The number of piperidine rings is 1. The third kappa shape index (κ3) is 5.85. The van der Waals surface area contributed by atoms with Crippen LogP contribution in [0.15, 0.2) is 47.4 Å². The summed E-state index contributed by atoms with van der Waals surface area (Å²) in [6, 6.07) is 9.17. The van der Waals surface area contributed by atoms with Gasteiger partial charge in [0.25, 0.3) is 11.5 Å². The molecule has 1 aliphatic heterocycles. The Morgan fingerprint density at radius 2 is 1.70 bits per heavy atom. The van der Waals surface area contributed by atoms with Gasteiger partial charge in [0.05, 0.1) is 12.7 Å². The van der Waals surface area contributed by atoms with Crippen molar-refractivity contribution in [2.24, 2.45) is 13.0 Å². The van der Waals surface area contributed by atoms with Crippen molar-refractivity contribution >= 4 is 29.4 Å². The van der Waals surface area contributed by atoms with Gasteiger partial charge in [-0.25, -0.2) is 4.79 Å². The minimum atomic E-state index is -0.812. The molecule has 33 heavy (non-hydrogen) atoms. The Bertz CT molecular complexity index is 1100. The van der Waals surface area contributed by atoms with E-state index in [1.54, 1.807) is 24.2 Å². The number of anilines is 1. The summed E-state index contributed by atoms with van der Waals surface area (Å²) in [5.74, 6) is -2.25. The predicted molar refractivity (Wildman–Crippen MR) is 120 cm³/mol. The van der Waals surface area contributed by atoms with Crippen LogP contribution in [0.3, 0.4) is 0 Å². The smallest absolute Gasteiger partial charge is 0.337 e. The van der Waals surface area contributed by atoms with Crippen LogP contribution in [0.5, 0.6) is 0 Å². The molecule has 10 nitrogen and oxygen atoms in total. The van der Waals surface area contributed by atoms with E-state index in [0.717, 1.165) is 0 Å². The monoisotopic (exact) mass is 454 g/mol. The fourth-order valence-corrected chi connectivity index (χ4v) is 3.58. The lowest BCUT2D eigenvalue weighted by Gasteiger charge is -2.32. The maximum Gasteiger partial charge on any atom is 0.337 e. The molecule has 3 rings (SSSR count). The van der Waals surface area contributed by atoms with Gasteiger partial charge in [-0.2, -0.15) is 0 Å². The number of carbonyl (C=O) groups excluding carboxylic acids is 4. The van der Waals surface area contributed by atoms with Crippen LogP contribution in [0.2, 0.25) is 0 Å². The minimum Gasteiger partial charge on any atom is -0.465 e. The molecule has 0 unspecified atom stereocenters. The molecule has 1 aromatic heterocycles. The third-order valence-corrected chi connectivity index (χ3v) is 5.58. The molecule has 174 valence electrons. The molecule has 0 radical (unpaired) electrons. The molecule has 2 N–H and O–H groups in total.